The highest BCUT2D eigenvalue weighted by molar-refractivity contribution is 5.81. The molecule has 5 nitrogen and oxygen atoms in total. The average molecular weight is 469 g/mol. The van der Waals surface area contributed by atoms with Gasteiger partial charge in [0.25, 0.3) is 0 Å². The second-order valence-corrected chi connectivity index (χ2v) is 7.52. The van der Waals surface area contributed by atoms with E-state index in [1.54, 1.807) is 4.90 Å². The van der Waals surface area contributed by atoms with Gasteiger partial charge in [-0.3, -0.25) is 9.59 Å². The topological polar surface area (TPSA) is 66.5 Å². The Morgan fingerprint density at radius 2 is 1.65 bits per heavy atom. The van der Waals surface area contributed by atoms with Gasteiger partial charge in [-0.25, -0.2) is 0 Å². The van der Waals surface area contributed by atoms with Crippen LogP contribution in [-0.4, -0.2) is 29.0 Å². The molecule has 0 atom stereocenters. The van der Waals surface area contributed by atoms with Gasteiger partial charge in [-0.05, 0) is 55.9 Å². The van der Waals surface area contributed by atoms with E-state index >= 15 is 0 Å². The van der Waals surface area contributed by atoms with Gasteiger partial charge in [0.1, 0.15) is 5.78 Å². The molecule has 0 radical (unpaired) electrons. The zero-order chi connectivity index (χ0) is 25.9. The summed E-state index contributed by atoms with van der Waals surface area (Å²) >= 11 is 0. The van der Waals surface area contributed by atoms with E-state index in [1.165, 1.54) is 12.5 Å². The Kier molecular flexibility index (Phi) is 16.9. The number of allylic oxidation sites excluding steroid dienone is 4. The van der Waals surface area contributed by atoms with Crippen molar-refractivity contribution >= 4 is 17.6 Å². The number of rotatable bonds is 9. The van der Waals surface area contributed by atoms with Crippen LogP contribution in [0.5, 0.6) is 0 Å². The molecular formula is C29H44N2O3. The molecular weight excluding hydrogens is 424 g/mol. The second kappa shape index (κ2) is 18.5. The van der Waals surface area contributed by atoms with Crippen LogP contribution in [0.4, 0.5) is 0 Å². The Hall–Kier alpha value is -2.95. The highest BCUT2D eigenvalue weighted by Gasteiger charge is 2.22. The van der Waals surface area contributed by atoms with Crippen molar-refractivity contribution in [1.29, 1.82) is 0 Å². The fourth-order valence-electron chi connectivity index (χ4n) is 3.60. The number of nitrogens with zero attached hydrogens (tertiary/aromatic N) is 1. The van der Waals surface area contributed by atoms with Gasteiger partial charge in [-0.2, -0.15) is 0 Å². The van der Waals surface area contributed by atoms with Gasteiger partial charge in [-0.1, -0.05) is 70.7 Å². The van der Waals surface area contributed by atoms with E-state index in [0.29, 0.717) is 25.8 Å². The predicted molar refractivity (Wildman–Crippen MR) is 142 cm³/mol. The first kappa shape index (κ1) is 31.0. The summed E-state index contributed by atoms with van der Waals surface area (Å²) < 4.78 is 0. The molecule has 0 unspecified atom stereocenters. The van der Waals surface area contributed by atoms with Gasteiger partial charge >= 0.3 is 0 Å². The van der Waals surface area contributed by atoms with Crippen molar-refractivity contribution in [2.24, 2.45) is 0 Å². The number of Topliss-reactive ketones (excluding diaryl/α,β-unsaturated/α-hetero) is 1. The Labute approximate surface area is 207 Å². The second-order valence-electron chi connectivity index (χ2n) is 7.52. The van der Waals surface area contributed by atoms with Crippen molar-refractivity contribution in [3.8, 4) is 0 Å². The summed E-state index contributed by atoms with van der Waals surface area (Å²) in [4.78, 5) is 37.8. The monoisotopic (exact) mass is 468 g/mol. The zero-order valence-electron chi connectivity index (χ0n) is 22.1. The van der Waals surface area contributed by atoms with E-state index in [2.05, 4.69) is 24.0 Å². The van der Waals surface area contributed by atoms with Gasteiger partial charge in [0.05, 0.1) is 6.54 Å². The summed E-state index contributed by atoms with van der Waals surface area (Å²) in [6.45, 7) is 16.2. The standard InChI is InChI=1S/C25H32N2O3.2C2H6/c1-4-9-23-20(5-2)14-15-21-11-6-7-12-22(21)18-27(23)25(30)16-17-26-24(29)13-8-10-19(3)28;2*1-2/h4-7,9,11-12H,2,8,10,13-18H2,1,3H3,(H,26,29);2*1-2H3/b9-4-,23-20-;;. The van der Waals surface area contributed by atoms with E-state index in [0.717, 1.165) is 29.7 Å². The molecule has 0 saturated heterocycles. The number of carbonyl (C=O) groups excluding carboxylic acids is 3. The Morgan fingerprint density at radius 3 is 2.24 bits per heavy atom. The van der Waals surface area contributed by atoms with Crippen LogP contribution >= 0.6 is 0 Å². The summed E-state index contributed by atoms with van der Waals surface area (Å²) in [5.74, 6) is -0.0853. The summed E-state index contributed by atoms with van der Waals surface area (Å²) in [5, 5.41) is 2.79. The van der Waals surface area contributed by atoms with Crippen molar-refractivity contribution in [1.82, 2.24) is 10.2 Å². The first-order valence-electron chi connectivity index (χ1n) is 12.6. The number of benzene rings is 1. The fourth-order valence-corrected chi connectivity index (χ4v) is 3.60. The van der Waals surface area contributed by atoms with E-state index in [-0.39, 0.29) is 30.6 Å². The number of nitrogens with one attached hydrogen (secondary N) is 1. The third-order valence-electron chi connectivity index (χ3n) is 5.20. The smallest absolute Gasteiger partial charge is 0.229 e. The minimum Gasteiger partial charge on any atom is -0.356 e. The van der Waals surface area contributed by atoms with Crippen LogP contribution in [0.25, 0.3) is 0 Å². The van der Waals surface area contributed by atoms with Crippen molar-refractivity contribution in [3.05, 3.63) is 71.5 Å². The van der Waals surface area contributed by atoms with Crippen molar-refractivity contribution in [2.45, 2.75) is 86.6 Å². The quantitative estimate of drug-likeness (QED) is 0.463. The van der Waals surface area contributed by atoms with Gasteiger partial charge in [0, 0.05) is 31.5 Å². The lowest BCUT2D eigenvalue weighted by Gasteiger charge is -2.29. The molecule has 1 aromatic rings. The molecule has 2 amide bonds. The highest BCUT2D eigenvalue weighted by atomic mass is 16.2. The highest BCUT2D eigenvalue weighted by Crippen LogP contribution is 2.27. The minimum absolute atomic E-state index is 0.0387. The number of hydrogen-bond donors (Lipinski definition) is 1. The molecule has 2 rings (SSSR count). The third kappa shape index (κ3) is 10.8. The SMILES string of the molecule is C=C/C1=C(\C=C/C)N(C(=O)CCNC(=O)CCCC(C)=O)Cc2ccccc2CC1.CC.CC. The number of fused-ring (bicyclic) bond motifs is 1. The Morgan fingerprint density at radius 1 is 1.00 bits per heavy atom. The number of amides is 2. The van der Waals surface area contributed by atoms with Crippen LogP contribution in [0.15, 0.2) is 60.3 Å². The molecule has 5 heteroatoms. The van der Waals surface area contributed by atoms with E-state index in [4.69, 9.17) is 0 Å². The molecule has 188 valence electrons. The minimum atomic E-state index is -0.127. The molecule has 1 heterocycles. The lowest BCUT2D eigenvalue weighted by Crippen LogP contribution is -2.34. The maximum Gasteiger partial charge on any atom is 0.229 e. The third-order valence-corrected chi connectivity index (χ3v) is 5.20. The summed E-state index contributed by atoms with van der Waals surface area (Å²) in [6.07, 6.45) is 8.91. The number of carbonyl (C=O) groups is 3. The van der Waals surface area contributed by atoms with Crippen LogP contribution in [0, 0.1) is 0 Å². The Balaban J connectivity index is 0.00000258. The molecule has 1 aliphatic heterocycles. The van der Waals surface area contributed by atoms with Gasteiger partial charge in [0.2, 0.25) is 11.8 Å². The van der Waals surface area contributed by atoms with Crippen molar-refractivity contribution < 1.29 is 14.4 Å². The van der Waals surface area contributed by atoms with E-state index in [1.807, 2.05) is 65.0 Å². The van der Waals surface area contributed by atoms with Gasteiger partial charge < -0.3 is 15.0 Å². The van der Waals surface area contributed by atoms with Crippen LogP contribution in [0.1, 0.15) is 84.8 Å². The molecule has 0 saturated carbocycles. The lowest BCUT2D eigenvalue weighted by molar-refractivity contribution is -0.129. The summed E-state index contributed by atoms with van der Waals surface area (Å²) in [6, 6.07) is 8.20. The average Bonchev–Trinajstić information content (AvgIpc) is 2.84. The van der Waals surface area contributed by atoms with Gasteiger partial charge in [0.15, 0.2) is 0 Å². The molecule has 1 N–H and O–H groups in total. The van der Waals surface area contributed by atoms with E-state index < -0.39 is 0 Å². The lowest BCUT2D eigenvalue weighted by atomic mass is 9.95. The molecule has 0 aliphatic carbocycles. The van der Waals surface area contributed by atoms with Crippen LogP contribution < -0.4 is 5.32 Å². The maximum absolute atomic E-state index is 13.1. The van der Waals surface area contributed by atoms with Crippen LogP contribution in [0.2, 0.25) is 0 Å². The molecule has 1 aliphatic rings. The molecule has 0 bridgehead atoms. The molecule has 0 fully saturated rings. The molecule has 1 aromatic carbocycles. The molecule has 0 spiro atoms. The number of hydrogen-bond acceptors (Lipinski definition) is 3. The summed E-state index contributed by atoms with van der Waals surface area (Å²) in [7, 11) is 0. The first-order valence-corrected chi connectivity index (χ1v) is 12.6. The number of ketones is 1. The fraction of sp³-hybridized carbons (Fsp3) is 0.483. The molecule has 0 aromatic heterocycles. The largest absolute Gasteiger partial charge is 0.356 e. The summed E-state index contributed by atoms with van der Waals surface area (Å²) in [5.41, 5.74) is 4.31. The normalized spacial score (nSPS) is 14.9. The maximum atomic E-state index is 13.1. The van der Waals surface area contributed by atoms with E-state index in [9.17, 15) is 14.4 Å². The predicted octanol–water partition coefficient (Wildman–Crippen LogP) is 6.30. The molecule has 34 heavy (non-hydrogen) atoms. The Bertz CT molecular complexity index is 853. The number of aryl methyl sites for hydroxylation is 1. The van der Waals surface area contributed by atoms with Crippen molar-refractivity contribution in [3.63, 3.8) is 0 Å². The first-order chi connectivity index (χ1) is 16.5. The zero-order valence-corrected chi connectivity index (χ0v) is 22.1. The van der Waals surface area contributed by atoms with Gasteiger partial charge in [-0.15, -0.1) is 0 Å². The van der Waals surface area contributed by atoms with Crippen LogP contribution in [-0.2, 0) is 27.3 Å². The van der Waals surface area contributed by atoms with Crippen molar-refractivity contribution in [2.75, 3.05) is 6.54 Å². The van der Waals surface area contributed by atoms with Crippen LogP contribution in [0.3, 0.4) is 0 Å².